The molecule has 110 valence electrons. The summed E-state index contributed by atoms with van der Waals surface area (Å²) < 4.78 is 5.17. The van der Waals surface area contributed by atoms with Crippen LogP contribution in [0.1, 0.15) is 35.7 Å². The Balaban J connectivity index is 2.14. The highest BCUT2D eigenvalue weighted by molar-refractivity contribution is 5.95. The van der Waals surface area contributed by atoms with Gasteiger partial charge in [-0.3, -0.25) is 4.79 Å². The van der Waals surface area contributed by atoms with Crippen molar-refractivity contribution in [3.8, 4) is 0 Å². The summed E-state index contributed by atoms with van der Waals surface area (Å²) in [5, 5.41) is 0. The van der Waals surface area contributed by atoms with Crippen LogP contribution >= 0.6 is 0 Å². The van der Waals surface area contributed by atoms with Gasteiger partial charge in [-0.15, -0.1) is 0 Å². The number of hydrogen-bond acceptors (Lipinski definition) is 3. The van der Waals surface area contributed by atoms with Crippen LogP contribution in [0.4, 0.5) is 0 Å². The van der Waals surface area contributed by atoms with Crippen LogP contribution in [0.15, 0.2) is 24.3 Å². The van der Waals surface area contributed by atoms with E-state index >= 15 is 0 Å². The van der Waals surface area contributed by atoms with Crippen molar-refractivity contribution in [2.24, 2.45) is 11.7 Å². The largest absolute Gasteiger partial charge is 0.380 e. The zero-order chi connectivity index (χ0) is 14.5. The van der Waals surface area contributed by atoms with Crippen LogP contribution in [-0.2, 0) is 11.3 Å². The number of ether oxygens (including phenoxy) is 1. The van der Waals surface area contributed by atoms with Gasteiger partial charge < -0.3 is 15.4 Å². The Morgan fingerprint density at radius 1 is 1.50 bits per heavy atom. The average Bonchev–Trinajstić information content (AvgIpc) is 2.47. The maximum atomic E-state index is 12.7. The summed E-state index contributed by atoms with van der Waals surface area (Å²) in [7, 11) is 1.65. The molecular formula is C16H24N2O2. The van der Waals surface area contributed by atoms with E-state index < -0.39 is 0 Å². The molecule has 0 spiro atoms. The van der Waals surface area contributed by atoms with Crippen molar-refractivity contribution in [2.45, 2.75) is 32.4 Å². The molecule has 1 fully saturated rings. The number of hydrogen-bond donors (Lipinski definition) is 1. The molecule has 2 unspecified atom stereocenters. The quantitative estimate of drug-likeness (QED) is 0.915. The number of methoxy groups -OCH3 is 1. The Labute approximate surface area is 120 Å². The van der Waals surface area contributed by atoms with Crippen LogP contribution < -0.4 is 5.73 Å². The highest BCUT2D eigenvalue weighted by Crippen LogP contribution is 2.22. The maximum absolute atomic E-state index is 12.7. The lowest BCUT2D eigenvalue weighted by Crippen LogP contribution is -2.45. The van der Waals surface area contributed by atoms with E-state index in [2.05, 4.69) is 0 Å². The van der Waals surface area contributed by atoms with Crippen LogP contribution in [-0.4, -0.2) is 37.0 Å². The molecule has 2 atom stereocenters. The second-order valence-corrected chi connectivity index (χ2v) is 5.60. The monoisotopic (exact) mass is 276 g/mol. The first kappa shape index (κ1) is 15.0. The van der Waals surface area contributed by atoms with Gasteiger partial charge in [-0.05, 0) is 37.3 Å². The fourth-order valence-corrected chi connectivity index (χ4v) is 2.80. The molecule has 1 aromatic rings. The summed E-state index contributed by atoms with van der Waals surface area (Å²) in [6, 6.07) is 7.81. The van der Waals surface area contributed by atoms with Crippen molar-refractivity contribution in [3.63, 3.8) is 0 Å². The second-order valence-electron chi connectivity index (χ2n) is 5.60. The molecule has 1 aliphatic rings. The van der Waals surface area contributed by atoms with Gasteiger partial charge in [0.05, 0.1) is 6.61 Å². The summed E-state index contributed by atoms with van der Waals surface area (Å²) in [5.74, 6) is 0.505. The Hall–Kier alpha value is -1.39. The molecule has 2 N–H and O–H groups in total. The number of nitrogens with zero attached hydrogens (tertiary/aromatic N) is 1. The van der Waals surface area contributed by atoms with E-state index in [1.807, 2.05) is 36.1 Å². The molecule has 0 bridgehead atoms. The van der Waals surface area contributed by atoms with Crippen molar-refractivity contribution in [1.82, 2.24) is 4.90 Å². The smallest absolute Gasteiger partial charge is 0.254 e. The first-order chi connectivity index (χ1) is 9.63. The van der Waals surface area contributed by atoms with E-state index in [9.17, 15) is 4.79 Å². The summed E-state index contributed by atoms with van der Waals surface area (Å²) in [6.07, 6.45) is 2.14. The van der Waals surface area contributed by atoms with Crippen LogP contribution in [0.2, 0.25) is 0 Å². The molecule has 0 aromatic heterocycles. The lowest BCUT2D eigenvalue weighted by Gasteiger charge is -2.35. The molecule has 0 aliphatic carbocycles. The number of piperidine rings is 1. The van der Waals surface area contributed by atoms with E-state index in [4.69, 9.17) is 10.5 Å². The zero-order valence-electron chi connectivity index (χ0n) is 12.3. The standard InChI is InChI=1S/C16H24N2O2/c1-12(17)13-7-5-9-18(10-13)16(19)15-8-4-3-6-14(15)11-20-2/h3-4,6,8,12-13H,5,7,9-11,17H2,1-2H3. The van der Waals surface area contributed by atoms with Gasteiger partial charge >= 0.3 is 0 Å². The van der Waals surface area contributed by atoms with Crippen LogP contribution in [0.3, 0.4) is 0 Å². The van der Waals surface area contributed by atoms with Crippen molar-refractivity contribution in [3.05, 3.63) is 35.4 Å². The number of likely N-dealkylation sites (tertiary alicyclic amines) is 1. The molecular weight excluding hydrogens is 252 g/mol. The molecule has 1 saturated heterocycles. The van der Waals surface area contributed by atoms with Gasteiger partial charge in [0, 0.05) is 31.8 Å². The third kappa shape index (κ3) is 3.38. The fraction of sp³-hybridized carbons (Fsp3) is 0.562. The van der Waals surface area contributed by atoms with Gasteiger partial charge in [-0.2, -0.15) is 0 Å². The predicted octanol–water partition coefficient (Wildman–Crippen LogP) is 2.03. The van der Waals surface area contributed by atoms with Crippen molar-refractivity contribution >= 4 is 5.91 Å². The highest BCUT2D eigenvalue weighted by atomic mass is 16.5. The number of carbonyl (C=O) groups is 1. The molecule has 0 saturated carbocycles. The van der Waals surface area contributed by atoms with Gasteiger partial charge in [0.1, 0.15) is 0 Å². The summed E-state index contributed by atoms with van der Waals surface area (Å²) in [4.78, 5) is 14.6. The molecule has 1 amide bonds. The number of nitrogens with two attached hydrogens (primary N) is 1. The van der Waals surface area contributed by atoms with Gasteiger partial charge in [0.15, 0.2) is 0 Å². The van der Waals surface area contributed by atoms with E-state index in [1.54, 1.807) is 7.11 Å². The number of carbonyl (C=O) groups excluding carboxylic acids is 1. The van der Waals surface area contributed by atoms with Crippen LogP contribution in [0.5, 0.6) is 0 Å². The molecule has 1 aliphatic heterocycles. The Morgan fingerprint density at radius 3 is 2.95 bits per heavy atom. The van der Waals surface area contributed by atoms with Crippen LogP contribution in [0.25, 0.3) is 0 Å². The lowest BCUT2D eigenvalue weighted by atomic mass is 9.91. The molecule has 1 heterocycles. The normalized spacial score (nSPS) is 20.8. The van der Waals surface area contributed by atoms with E-state index in [1.165, 1.54) is 0 Å². The van der Waals surface area contributed by atoms with E-state index in [0.717, 1.165) is 37.1 Å². The van der Waals surface area contributed by atoms with E-state index in [-0.39, 0.29) is 11.9 Å². The maximum Gasteiger partial charge on any atom is 0.254 e. The molecule has 20 heavy (non-hydrogen) atoms. The van der Waals surface area contributed by atoms with Gasteiger partial charge in [-0.25, -0.2) is 0 Å². The molecule has 4 nitrogen and oxygen atoms in total. The zero-order valence-corrected chi connectivity index (χ0v) is 12.3. The minimum atomic E-state index is 0.100. The Morgan fingerprint density at radius 2 is 2.25 bits per heavy atom. The van der Waals surface area contributed by atoms with Gasteiger partial charge in [-0.1, -0.05) is 18.2 Å². The molecule has 0 radical (unpaired) electrons. The first-order valence-electron chi connectivity index (χ1n) is 7.25. The topological polar surface area (TPSA) is 55.6 Å². The fourth-order valence-electron chi connectivity index (χ4n) is 2.80. The van der Waals surface area contributed by atoms with Crippen LogP contribution in [0, 0.1) is 5.92 Å². The van der Waals surface area contributed by atoms with E-state index in [0.29, 0.717) is 12.5 Å². The van der Waals surface area contributed by atoms with Gasteiger partial charge in [0.25, 0.3) is 5.91 Å². The Bertz CT molecular complexity index is 460. The van der Waals surface area contributed by atoms with Gasteiger partial charge in [0.2, 0.25) is 0 Å². The average molecular weight is 276 g/mol. The summed E-state index contributed by atoms with van der Waals surface area (Å²) in [5.41, 5.74) is 7.68. The SMILES string of the molecule is COCc1ccccc1C(=O)N1CCCC(C(C)N)C1. The third-order valence-electron chi connectivity index (χ3n) is 4.04. The molecule has 4 heteroatoms. The second kappa shape index (κ2) is 6.86. The summed E-state index contributed by atoms with van der Waals surface area (Å²) in [6.45, 7) is 4.07. The molecule has 1 aromatic carbocycles. The molecule has 2 rings (SSSR count). The number of rotatable bonds is 4. The minimum absolute atomic E-state index is 0.100. The minimum Gasteiger partial charge on any atom is -0.380 e. The third-order valence-corrected chi connectivity index (χ3v) is 4.04. The van der Waals surface area contributed by atoms with Crippen molar-refractivity contribution in [2.75, 3.05) is 20.2 Å². The number of benzene rings is 1. The first-order valence-corrected chi connectivity index (χ1v) is 7.25. The number of amides is 1. The highest BCUT2D eigenvalue weighted by Gasteiger charge is 2.27. The van der Waals surface area contributed by atoms with Crippen molar-refractivity contribution in [1.29, 1.82) is 0 Å². The lowest BCUT2D eigenvalue weighted by molar-refractivity contribution is 0.0656. The predicted molar refractivity (Wildman–Crippen MR) is 79.4 cm³/mol. The Kier molecular flexibility index (Phi) is 5.15. The van der Waals surface area contributed by atoms with Crippen molar-refractivity contribution < 1.29 is 9.53 Å². The summed E-state index contributed by atoms with van der Waals surface area (Å²) >= 11 is 0.